The quantitative estimate of drug-likeness (QED) is 0.801. The lowest BCUT2D eigenvalue weighted by molar-refractivity contribution is 0.0724. The van der Waals surface area contributed by atoms with E-state index in [4.69, 9.17) is 0 Å². The Kier molecular flexibility index (Phi) is 6.44. The lowest BCUT2D eigenvalue weighted by atomic mass is 9.87. The molecule has 1 amide bonds. The summed E-state index contributed by atoms with van der Waals surface area (Å²) in [4.78, 5) is 14.7. The van der Waals surface area contributed by atoms with Crippen LogP contribution in [0.4, 0.5) is 0 Å². The van der Waals surface area contributed by atoms with Gasteiger partial charge in [-0.25, -0.2) is 13.1 Å². The highest BCUT2D eigenvalue weighted by molar-refractivity contribution is 7.89. The summed E-state index contributed by atoms with van der Waals surface area (Å²) in [6.45, 7) is 8.08. The van der Waals surface area contributed by atoms with Crippen LogP contribution in [0.1, 0.15) is 61.5 Å². The van der Waals surface area contributed by atoms with Gasteiger partial charge in [0.1, 0.15) is 0 Å². The maximum Gasteiger partial charge on any atom is 0.253 e. The molecule has 1 aliphatic rings. The molecular weight excluding hydrogens is 384 g/mol. The maximum atomic E-state index is 12.6. The van der Waals surface area contributed by atoms with Crippen molar-refractivity contribution in [1.82, 2.24) is 9.62 Å². The molecule has 3 rings (SSSR count). The minimum atomic E-state index is -3.59. The molecule has 6 heteroatoms. The molecule has 5 nitrogen and oxygen atoms in total. The van der Waals surface area contributed by atoms with Gasteiger partial charge in [0, 0.05) is 25.2 Å². The zero-order valence-corrected chi connectivity index (χ0v) is 18.3. The molecule has 0 atom stereocenters. The second-order valence-electron chi connectivity index (χ2n) is 8.65. The second kappa shape index (κ2) is 8.67. The minimum Gasteiger partial charge on any atom is -0.339 e. The van der Waals surface area contributed by atoms with E-state index < -0.39 is 10.0 Å². The fourth-order valence-corrected chi connectivity index (χ4v) is 4.46. The Bertz CT molecular complexity index is 937. The molecule has 1 saturated heterocycles. The highest BCUT2D eigenvalue weighted by Gasteiger charge is 2.19. The first-order valence-corrected chi connectivity index (χ1v) is 11.6. The first kappa shape index (κ1) is 21.5. The van der Waals surface area contributed by atoms with Gasteiger partial charge in [-0.1, -0.05) is 45.0 Å². The smallest absolute Gasteiger partial charge is 0.253 e. The van der Waals surface area contributed by atoms with Crippen molar-refractivity contribution in [2.24, 2.45) is 0 Å². The van der Waals surface area contributed by atoms with Crippen LogP contribution in [0, 0.1) is 0 Å². The van der Waals surface area contributed by atoms with E-state index in [0.29, 0.717) is 5.56 Å². The van der Waals surface area contributed by atoms with Gasteiger partial charge in [0.25, 0.3) is 5.91 Å². The summed E-state index contributed by atoms with van der Waals surface area (Å²) in [5.41, 5.74) is 2.53. The molecule has 156 valence electrons. The first-order valence-electron chi connectivity index (χ1n) is 10.2. The second-order valence-corrected chi connectivity index (χ2v) is 10.4. The average molecular weight is 415 g/mol. The number of hydrogen-bond acceptors (Lipinski definition) is 3. The zero-order valence-electron chi connectivity index (χ0n) is 17.4. The van der Waals surface area contributed by atoms with Gasteiger partial charge in [-0.05, 0) is 60.1 Å². The number of likely N-dealkylation sites (tertiary alicyclic amines) is 1. The molecule has 2 aromatic rings. The van der Waals surface area contributed by atoms with Crippen molar-refractivity contribution in [2.45, 2.75) is 56.9 Å². The van der Waals surface area contributed by atoms with Crippen LogP contribution in [0.25, 0.3) is 0 Å². The maximum absolute atomic E-state index is 12.6. The lowest BCUT2D eigenvalue weighted by Gasteiger charge is -2.26. The van der Waals surface area contributed by atoms with E-state index in [1.165, 1.54) is 6.42 Å². The summed E-state index contributed by atoms with van der Waals surface area (Å²) in [7, 11) is -3.59. The zero-order chi connectivity index (χ0) is 21.1. The molecule has 1 heterocycles. The predicted molar refractivity (Wildman–Crippen MR) is 115 cm³/mol. The van der Waals surface area contributed by atoms with Crippen molar-refractivity contribution >= 4 is 15.9 Å². The van der Waals surface area contributed by atoms with Crippen LogP contribution in [0.2, 0.25) is 0 Å². The van der Waals surface area contributed by atoms with Gasteiger partial charge >= 0.3 is 0 Å². The van der Waals surface area contributed by atoms with Crippen molar-refractivity contribution < 1.29 is 13.2 Å². The standard InChI is InChI=1S/C23H30N2O3S/c1-23(2,3)20-11-13-21(14-12-20)29(27,28)24-17-18-7-9-19(10-8-18)22(26)25-15-5-4-6-16-25/h7-14,24H,4-6,15-17H2,1-3H3. The summed E-state index contributed by atoms with van der Waals surface area (Å²) in [5.74, 6) is 0.0516. The number of amides is 1. The van der Waals surface area contributed by atoms with Crippen molar-refractivity contribution in [3.8, 4) is 0 Å². The van der Waals surface area contributed by atoms with Crippen molar-refractivity contribution in [3.63, 3.8) is 0 Å². The predicted octanol–water partition coefficient (Wildman–Crippen LogP) is 4.09. The Morgan fingerprint density at radius 3 is 2.07 bits per heavy atom. The summed E-state index contributed by atoms with van der Waals surface area (Å²) in [5, 5.41) is 0. The number of carbonyl (C=O) groups is 1. The number of benzene rings is 2. The molecule has 0 bridgehead atoms. The Labute approximate surface area is 174 Å². The number of piperidine rings is 1. The van der Waals surface area contributed by atoms with Crippen LogP contribution in [-0.4, -0.2) is 32.3 Å². The van der Waals surface area contributed by atoms with E-state index >= 15 is 0 Å². The molecule has 0 radical (unpaired) electrons. The number of carbonyl (C=O) groups excluding carboxylic acids is 1. The normalized spacial score (nSPS) is 15.3. The van der Waals surface area contributed by atoms with Crippen LogP contribution in [0.5, 0.6) is 0 Å². The largest absolute Gasteiger partial charge is 0.339 e. The van der Waals surface area contributed by atoms with Gasteiger partial charge in [0.2, 0.25) is 10.0 Å². The van der Waals surface area contributed by atoms with Crippen LogP contribution in [0.15, 0.2) is 53.4 Å². The van der Waals surface area contributed by atoms with Gasteiger partial charge in [-0.3, -0.25) is 4.79 Å². The summed E-state index contributed by atoms with van der Waals surface area (Å²) < 4.78 is 27.8. The third-order valence-corrected chi connectivity index (χ3v) is 6.76. The van der Waals surface area contributed by atoms with Crippen molar-refractivity contribution in [2.75, 3.05) is 13.1 Å². The highest BCUT2D eigenvalue weighted by atomic mass is 32.2. The van der Waals surface area contributed by atoms with Gasteiger partial charge in [-0.15, -0.1) is 0 Å². The van der Waals surface area contributed by atoms with E-state index in [9.17, 15) is 13.2 Å². The number of sulfonamides is 1. The van der Waals surface area contributed by atoms with Gasteiger partial charge < -0.3 is 4.90 Å². The molecule has 0 unspecified atom stereocenters. The third-order valence-electron chi connectivity index (χ3n) is 5.34. The number of nitrogens with one attached hydrogen (secondary N) is 1. The van der Waals surface area contributed by atoms with Crippen molar-refractivity contribution in [3.05, 3.63) is 65.2 Å². The van der Waals surface area contributed by atoms with Crippen LogP contribution >= 0.6 is 0 Å². The Morgan fingerprint density at radius 2 is 1.52 bits per heavy atom. The molecule has 1 fully saturated rings. The molecule has 0 saturated carbocycles. The minimum absolute atomic E-state index is 0.0247. The van der Waals surface area contributed by atoms with Crippen LogP contribution in [0.3, 0.4) is 0 Å². The van der Waals surface area contributed by atoms with E-state index in [2.05, 4.69) is 25.5 Å². The number of hydrogen-bond donors (Lipinski definition) is 1. The summed E-state index contributed by atoms with van der Waals surface area (Å²) in [6.07, 6.45) is 3.30. The van der Waals surface area contributed by atoms with E-state index in [0.717, 1.165) is 37.1 Å². The Balaban J connectivity index is 1.62. The lowest BCUT2D eigenvalue weighted by Crippen LogP contribution is -2.35. The van der Waals surface area contributed by atoms with Gasteiger partial charge in [0.05, 0.1) is 4.90 Å². The molecule has 29 heavy (non-hydrogen) atoms. The molecular formula is C23H30N2O3S. The monoisotopic (exact) mass is 414 g/mol. The average Bonchev–Trinajstić information content (AvgIpc) is 2.72. The van der Waals surface area contributed by atoms with Crippen molar-refractivity contribution in [1.29, 1.82) is 0 Å². The van der Waals surface area contributed by atoms with E-state index in [1.807, 2.05) is 29.2 Å². The molecule has 2 aromatic carbocycles. The fourth-order valence-electron chi connectivity index (χ4n) is 3.44. The van der Waals surface area contributed by atoms with Gasteiger partial charge in [-0.2, -0.15) is 0 Å². The molecule has 0 aromatic heterocycles. The number of nitrogens with zero attached hydrogens (tertiary/aromatic N) is 1. The van der Waals surface area contributed by atoms with E-state index in [1.54, 1.807) is 24.3 Å². The number of rotatable bonds is 5. The van der Waals surface area contributed by atoms with Crippen LogP contribution < -0.4 is 4.72 Å². The first-order chi connectivity index (χ1) is 13.7. The third kappa shape index (κ3) is 5.46. The summed E-state index contributed by atoms with van der Waals surface area (Å²) in [6, 6.07) is 14.2. The van der Waals surface area contributed by atoms with E-state index in [-0.39, 0.29) is 22.8 Å². The van der Waals surface area contributed by atoms with Gasteiger partial charge in [0.15, 0.2) is 0 Å². The highest BCUT2D eigenvalue weighted by Crippen LogP contribution is 2.23. The molecule has 0 spiro atoms. The SMILES string of the molecule is CC(C)(C)c1ccc(S(=O)(=O)NCc2ccc(C(=O)N3CCCCC3)cc2)cc1. The fraction of sp³-hybridized carbons (Fsp3) is 0.435. The molecule has 1 N–H and O–H groups in total. The summed E-state index contributed by atoms with van der Waals surface area (Å²) >= 11 is 0. The Hall–Kier alpha value is -2.18. The Morgan fingerprint density at radius 1 is 0.931 bits per heavy atom. The topological polar surface area (TPSA) is 66.5 Å². The molecule has 0 aliphatic carbocycles. The van der Waals surface area contributed by atoms with Crippen LogP contribution in [-0.2, 0) is 22.0 Å². The molecule has 1 aliphatic heterocycles.